The summed E-state index contributed by atoms with van der Waals surface area (Å²) < 4.78 is 7.06. The number of rotatable bonds is 4. The van der Waals surface area contributed by atoms with Crippen LogP contribution in [0.3, 0.4) is 0 Å². The Labute approximate surface area is 153 Å². The zero-order valence-corrected chi connectivity index (χ0v) is 15.3. The van der Waals surface area contributed by atoms with Gasteiger partial charge in [-0.05, 0) is 0 Å². The van der Waals surface area contributed by atoms with Gasteiger partial charge >= 0.3 is 148 Å². The fraction of sp³-hybridized carbons (Fsp3) is 0.500. The molecule has 1 aliphatic heterocycles. The average molecular weight is 397 g/mol. The van der Waals surface area contributed by atoms with Crippen LogP contribution in [0.4, 0.5) is 5.95 Å². The predicted octanol–water partition coefficient (Wildman–Crippen LogP) is -0.298. The van der Waals surface area contributed by atoms with Gasteiger partial charge in [0.15, 0.2) is 0 Å². The van der Waals surface area contributed by atoms with E-state index in [1.165, 1.54) is 10.9 Å². The van der Waals surface area contributed by atoms with Crippen molar-refractivity contribution in [2.45, 2.75) is 31.8 Å². The van der Waals surface area contributed by atoms with E-state index in [1.54, 1.807) is 6.92 Å². The number of carbonyl (C=O) groups is 1. The fourth-order valence-electron chi connectivity index (χ4n) is 2.61. The van der Waals surface area contributed by atoms with Gasteiger partial charge in [0.1, 0.15) is 0 Å². The van der Waals surface area contributed by atoms with Crippen molar-refractivity contribution in [3.63, 3.8) is 0 Å². The summed E-state index contributed by atoms with van der Waals surface area (Å²) in [5, 5.41) is 21.6. The normalized spacial score (nSPS) is 23.6. The van der Waals surface area contributed by atoms with E-state index in [4.69, 9.17) is 16.5 Å². The van der Waals surface area contributed by atoms with Crippen molar-refractivity contribution in [3.05, 3.63) is 16.7 Å². The molecule has 3 rings (SSSR count). The molecule has 0 radical (unpaired) electrons. The number of amides is 1. The Morgan fingerprint density at radius 2 is 2.46 bits per heavy atom. The van der Waals surface area contributed by atoms with E-state index in [0.717, 1.165) is 0 Å². The number of imidazole rings is 1. The maximum absolute atomic E-state index is 12.2. The standard InChI is InChI=1S/C14H16N5O5PS/c1-6(4-25-26)12(22)17-14-16-11-10(13(23)18-14)15-5-19(11)9-2-7(21)8(3-20)24-9/h5-9,20-21H,2-3H2,1H3,(H2,16,17,18,22,23)/t6?,7-,8+,9+/m0/s1. The van der Waals surface area contributed by atoms with Gasteiger partial charge in [-0.15, -0.1) is 0 Å². The number of aromatic amines is 1. The molecule has 26 heavy (non-hydrogen) atoms. The molecule has 1 aliphatic rings. The number of nitrogens with one attached hydrogen (secondary N) is 2. The van der Waals surface area contributed by atoms with Crippen LogP contribution in [0.5, 0.6) is 0 Å². The second kappa shape index (κ2) is 7.79. The van der Waals surface area contributed by atoms with Crippen molar-refractivity contribution >= 4 is 41.6 Å². The zero-order chi connectivity index (χ0) is 18.8. The number of fused-ring (bicyclic) bond motifs is 1. The van der Waals surface area contributed by atoms with Crippen molar-refractivity contribution in [2.75, 3.05) is 11.9 Å². The van der Waals surface area contributed by atoms with Crippen molar-refractivity contribution in [2.24, 2.45) is 5.92 Å². The summed E-state index contributed by atoms with van der Waals surface area (Å²) in [5.74, 6) is -1.02. The van der Waals surface area contributed by atoms with Gasteiger partial charge in [-0.1, -0.05) is 0 Å². The summed E-state index contributed by atoms with van der Waals surface area (Å²) in [7, 11) is 0. The first kappa shape index (κ1) is 18.9. The van der Waals surface area contributed by atoms with E-state index in [9.17, 15) is 19.8 Å². The molecule has 4 N–H and O–H groups in total. The summed E-state index contributed by atoms with van der Waals surface area (Å²) in [4.78, 5) is 35.0. The number of aromatic nitrogens is 4. The number of nitrogens with zero attached hydrogens (tertiary/aromatic N) is 3. The molecule has 0 saturated carbocycles. The summed E-state index contributed by atoms with van der Waals surface area (Å²) in [6.45, 7) is 1.73. The maximum atomic E-state index is 12.2. The quantitative estimate of drug-likeness (QED) is 0.515. The molecule has 10 nitrogen and oxygen atoms in total. The second-order valence-corrected chi connectivity index (χ2v) is 6.77. The van der Waals surface area contributed by atoms with Gasteiger partial charge in [0.2, 0.25) is 0 Å². The number of aliphatic hydroxyl groups excluding tert-OH is 2. The van der Waals surface area contributed by atoms with Gasteiger partial charge < -0.3 is 5.11 Å². The topological polar surface area (TPSA) is 142 Å². The Hall–Kier alpha value is -1.87. The van der Waals surface area contributed by atoms with Gasteiger partial charge in [-0.3, -0.25) is 0 Å². The molecule has 4 atom stereocenters. The van der Waals surface area contributed by atoms with Gasteiger partial charge in [0.25, 0.3) is 0 Å². The first-order valence-corrected chi connectivity index (χ1v) is 9.65. The zero-order valence-electron chi connectivity index (χ0n) is 13.6. The molecule has 1 fully saturated rings. The molecule has 3 heterocycles. The molecule has 0 aromatic carbocycles. The van der Waals surface area contributed by atoms with Crippen LogP contribution in [0, 0.1) is 11.5 Å². The molecular weight excluding hydrogens is 381 g/mol. The number of anilines is 1. The summed E-state index contributed by atoms with van der Waals surface area (Å²) in [5.41, 5.74) is 2.50. The molecule has 2 aromatic heterocycles. The van der Waals surface area contributed by atoms with Crippen LogP contribution < -0.4 is 10.9 Å². The monoisotopic (exact) mass is 397 g/mol. The molecular formula is C14H16N5O5PS. The number of hydrogen-bond acceptors (Lipinski definition) is 8. The van der Waals surface area contributed by atoms with Crippen LogP contribution in [-0.4, -0.2) is 54.5 Å². The van der Waals surface area contributed by atoms with E-state index in [2.05, 4.69) is 25.9 Å². The molecule has 0 bridgehead atoms. The number of H-pyrrole nitrogens is 1. The second-order valence-electron chi connectivity index (χ2n) is 5.78. The average Bonchev–Trinajstić information content (AvgIpc) is 3.18. The molecule has 1 saturated heterocycles. The van der Waals surface area contributed by atoms with Crippen LogP contribution in [0.25, 0.3) is 11.2 Å². The first-order valence-electron chi connectivity index (χ1n) is 7.74. The summed E-state index contributed by atoms with van der Waals surface area (Å²) in [6, 6.07) is 0. The third-order valence-electron chi connectivity index (χ3n) is 4.01. The Morgan fingerprint density at radius 1 is 1.69 bits per heavy atom. The Morgan fingerprint density at radius 3 is 3.12 bits per heavy atom. The Bertz CT molecular complexity index is 1000. The fourth-order valence-corrected chi connectivity index (χ4v) is 3.36. The van der Waals surface area contributed by atoms with Gasteiger partial charge in [-0.2, -0.15) is 0 Å². The van der Waals surface area contributed by atoms with Gasteiger partial charge in [-0.25, -0.2) is 0 Å². The van der Waals surface area contributed by atoms with Crippen LogP contribution in [0.1, 0.15) is 19.6 Å². The van der Waals surface area contributed by atoms with Crippen molar-refractivity contribution < 1.29 is 19.7 Å². The first-order chi connectivity index (χ1) is 12.4. The summed E-state index contributed by atoms with van der Waals surface area (Å²) in [6.07, 6.45) is -0.609. The van der Waals surface area contributed by atoms with Crippen molar-refractivity contribution in [3.8, 4) is 5.63 Å². The van der Waals surface area contributed by atoms with Crippen molar-refractivity contribution in [1.29, 1.82) is 0 Å². The van der Waals surface area contributed by atoms with E-state index in [0.29, 0.717) is 6.81 Å². The van der Waals surface area contributed by atoms with E-state index < -0.39 is 35.8 Å². The molecule has 0 spiro atoms. The Balaban J connectivity index is 1.94. The van der Waals surface area contributed by atoms with E-state index in [-0.39, 0.29) is 30.1 Å². The van der Waals surface area contributed by atoms with Gasteiger partial charge in [0, 0.05) is 0 Å². The van der Waals surface area contributed by atoms with Crippen LogP contribution in [0.15, 0.2) is 11.1 Å². The number of aliphatic hydroxyl groups is 2. The SMILES string of the molecule is CC(C#P=S)C(=O)Nc1nc2c(ncn2[C@H]2C[C@H](O)[C@@H](CO)O2)c(=O)[nH]1. The molecule has 2 aromatic rings. The molecule has 12 heteroatoms. The van der Waals surface area contributed by atoms with Gasteiger partial charge in [0.05, 0.1) is 0 Å². The minimum absolute atomic E-state index is 0.0406. The van der Waals surface area contributed by atoms with Crippen molar-refractivity contribution in [1.82, 2.24) is 19.5 Å². The Kier molecular flexibility index (Phi) is 5.67. The molecule has 138 valence electrons. The van der Waals surface area contributed by atoms with E-state index in [1.807, 2.05) is 0 Å². The van der Waals surface area contributed by atoms with Crippen LogP contribution >= 0.6 is 6.81 Å². The number of carbonyl (C=O) groups excluding carboxylic acids is 1. The third kappa shape index (κ3) is 3.64. The molecule has 0 aliphatic carbocycles. The van der Waals surface area contributed by atoms with E-state index >= 15 is 0 Å². The van der Waals surface area contributed by atoms with Crippen LogP contribution in [-0.2, 0) is 21.3 Å². The number of hydrogen-bond donors (Lipinski definition) is 4. The molecule has 1 unspecified atom stereocenters. The minimum atomic E-state index is -0.840. The number of ether oxygens (including phenoxy) is 1. The van der Waals surface area contributed by atoms with Crippen LogP contribution in [0.2, 0.25) is 0 Å². The summed E-state index contributed by atoms with van der Waals surface area (Å²) >= 11 is 4.74. The molecule has 1 amide bonds. The third-order valence-corrected chi connectivity index (χ3v) is 4.82. The predicted molar refractivity (Wildman–Crippen MR) is 95.7 cm³/mol.